The fourth-order valence-electron chi connectivity index (χ4n) is 2.05. The second kappa shape index (κ2) is 5.34. The molecule has 100 valence electrons. The van der Waals surface area contributed by atoms with Crippen LogP contribution in [-0.2, 0) is 10.0 Å². The van der Waals surface area contributed by atoms with Crippen molar-refractivity contribution in [3.63, 3.8) is 0 Å². The molecule has 0 saturated carbocycles. The van der Waals surface area contributed by atoms with E-state index >= 15 is 0 Å². The molecule has 1 fully saturated rings. The van der Waals surface area contributed by atoms with Gasteiger partial charge < -0.3 is 5.32 Å². The lowest BCUT2D eigenvalue weighted by Crippen LogP contribution is -2.34. The summed E-state index contributed by atoms with van der Waals surface area (Å²) in [6, 6.07) is 3.87. The highest BCUT2D eigenvalue weighted by Gasteiger charge is 2.26. The van der Waals surface area contributed by atoms with Crippen LogP contribution in [0.4, 0.5) is 4.39 Å². The third-order valence-electron chi connectivity index (χ3n) is 3.07. The highest BCUT2D eigenvalue weighted by Crippen LogP contribution is 2.21. The summed E-state index contributed by atoms with van der Waals surface area (Å²) in [4.78, 5) is 0.0735. The van der Waals surface area contributed by atoms with Crippen LogP contribution in [0.1, 0.15) is 12.0 Å². The Morgan fingerprint density at radius 3 is 2.83 bits per heavy atom. The number of sulfonamides is 1. The van der Waals surface area contributed by atoms with Gasteiger partial charge in [0.05, 0.1) is 4.90 Å². The topological polar surface area (TPSA) is 49.4 Å². The minimum Gasteiger partial charge on any atom is -0.315 e. The van der Waals surface area contributed by atoms with Gasteiger partial charge in [-0.2, -0.15) is 4.31 Å². The lowest BCUT2D eigenvalue weighted by molar-refractivity contribution is 0.431. The standard InChI is InChI=1S/C12H17FN2O2S/c1-10-3-4-11(13)9-12(10)18(16,17)15-7-2-5-14-6-8-15/h3-4,9,14H,2,5-8H2,1H3. The van der Waals surface area contributed by atoms with Gasteiger partial charge in [0.2, 0.25) is 10.0 Å². The summed E-state index contributed by atoms with van der Waals surface area (Å²) in [6.45, 7) is 4.04. The molecule has 2 rings (SSSR count). The number of nitrogens with one attached hydrogen (secondary N) is 1. The van der Waals surface area contributed by atoms with Gasteiger partial charge in [-0.15, -0.1) is 0 Å². The van der Waals surface area contributed by atoms with E-state index in [1.165, 1.54) is 16.4 Å². The number of hydrogen-bond acceptors (Lipinski definition) is 3. The van der Waals surface area contributed by atoms with Crippen molar-refractivity contribution < 1.29 is 12.8 Å². The van der Waals surface area contributed by atoms with Crippen LogP contribution in [0.3, 0.4) is 0 Å². The van der Waals surface area contributed by atoms with Gasteiger partial charge in [0.25, 0.3) is 0 Å². The van der Waals surface area contributed by atoms with Gasteiger partial charge >= 0.3 is 0 Å². The number of benzene rings is 1. The van der Waals surface area contributed by atoms with Crippen molar-refractivity contribution in [2.24, 2.45) is 0 Å². The van der Waals surface area contributed by atoms with Crippen LogP contribution in [0.2, 0.25) is 0 Å². The SMILES string of the molecule is Cc1ccc(F)cc1S(=O)(=O)N1CCCNCC1. The first-order valence-corrected chi connectivity index (χ1v) is 7.43. The van der Waals surface area contributed by atoms with Crippen molar-refractivity contribution in [1.82, 2.24) is 9.62 Å². The molecule has 0 aliphatic carbocycles. The number of nitrogens with zero attached hydrogens (tertiary/aromatic N) is 1. The summed E-state index contributed by atoms with van der Waals surface area (Å²) in [5.41, 5.74) is 0.577. The molecule has 0 amide bonds. The molecule has 18 heavy (non-hydrogen) atoms. The van der Waals surface area contributed by atoms with E-state index in [1.807, 2.05) is 0 Å². The second-order valence-corrected chi connectivity index (χ2v) is 6.32. The fourth-order valence-corrected chi connectivity index (χ4v) is 3.77. The average molecular weight is 272 g/mol. The molecule has 1 aliphatic rings. The van der Waals surface area contributed by atoms with Gasteiger partial charge in [-0.1, -0.05) is 6.07 Å². The van der Waals surface area contributed by atoms with Crippen molar-refractivity contribution in [3.8, 4) is 0 Å². The van der Waals surface area contributed by atoms with Gasteiger partial charge in [0, 0.05) is 19.6 Å². The average Bonchev–Trinajstić information content (AvgIpc) is 2.61. The van der Waals surface area contributed by atoms with E-state index in [2.05, 4.69) is 5.32 Å². The van der Waals surface area contributed by atoms with Gasteiger partial charge in [-0.05, 0) is 37.6 Å². The summed E-state index contributed by atoms with van der Waals surface area (Å²) in [6.07, 6.45) is 0.771. The Hall–Kier alpha value is -0.980. The molecule has 0 bridgehead atoms. The third-order valence-corrected chi connectivity index (χ3v) is 5.11. The van der Waals surface area contributed by atoms with Crippen molar-refractivity contribution in [2.45, 2.75) is 18.2 Å². The van der Waals surface area contributed by atoms with Crippen molar-refractivity contribution >= 4 is 10.0 Å². The maximum Gasteiger partial charge on any atom is 0.243 e. The summed E-state index contributed by atoms with van der Waals surface area (Å²) in [7, 11) is -3.59. The normalized spacial score (nSPS) is 18.6. The van der Waals surface area contributed by atoms with Gasteiger partial charge in [0.15, 0.2) is 0 Å². The number of halogens is 1. The number of rotatable bonds is 2. The molecule has 1 N–H and O–H groups in total. The van der Waals surface area contributed by atoms with Crippen LogP contribution in [-0.4, -0.2) is 38.9 Å². The van der Waals surface area contributed by atoms with Gasteiger partial charge in [0.1, 0.15) is 5.82 Å². The van der Waals surface area contributed by atoms with E-state index in [0.717, 1.165) is 19.0 Å². The van der Waals surface area contributed by atoms with Crippen molar-refractivity contribution in [1.29, 1.82) is 0 Å². The minimum absolute atomic E-state index is 0.0735. The zero-order valence-electron chi connectivity index (χ0n) is 10.3. The molecule has 1 heterocycles. The molecule has 0 atom stereocenters. The highest BCUT2D eigenvalue weighted by atomic mass is 32.2. The van der Waals surface area contributed by atoms with Crippen LogP contribution in [0.15, 0.2) is 23.1 Å². The summed E-state index contributed by atoms with van der Waals surface area (Å²) >= 11 is 0. The van der Waals surface area contributed by atoms with Crippen LogP contribution in [0.5, 0.6) is 0 Å². The Bertz CT molecular complexity index is 523. The molecule has 6 heteroatoms. The van der Waals surface area contributed by atoms with Crippen molar-refractivity contribution in [3.05, 3.63) is 29.6 Å². The van der Waals surface area contributed by atoms with E-state index in [-0.39, 0.29) is 4.90 Å². The zero-order valence-corrected chi connectivity index (χ0v) is 11.1. The maximum atomic E-state index is 13.2. The summed E-state index contributed by atoms with van der Waals surface area (Å²) in [5, 5.41) is 3.15. The molecule has 1 aromatic carbocycles. The molecule has 0 radical (unpaired) electrons. The molecule has 1 aliphatic heterocycles. The predicted octanol–water partition coefficient (Wildman–Crippen LogP) is 1.12. The van der Waals surface area contributed by atoms with Gasteiger partial charge in [-0.3, -0.25) is 0 Å². The Labute approximate surface area is 107 Å². The molecule has 0 unspecified atom stereocenters. The second-order valence-electron chi connectivity index (χ2n) is 4.42. The molecule has 1 saturated heterocycles. The number of aryl methyl sites for hydroxylation is 1. The Morgan fingerprint density at radius 2 is 2.06 bits per heavy atom. The Balaban J connectivity index is 2.37. The quantitative estimate of drug-likeness (QED) is 0.877. The fraction of sp³-hybridized carbons (Fsp3) is 0.500. The largest absolute Gasteiger partial charge is 0.315 e. The van der Waals surface area contributed by atoms with Gasteiger partial charge in [-0.25, -0.2) is 12.8 Å². The predicted molar refractivity (Wildman–Crippen MR) is 67.4 cm³/mol. The molecule has 0 spiro atoms. The summed E-state index contributed by atoms with van der Waals surface area (Å²) in [5.74, 6) is -0.521. The minimum atomic E-state index is -3.59. The zero-order chi connectivity index (χ0) is 13.2. The summed E-state index contributed by atoms with van der Waals surface area (Å²) < 4.78 is 39.5. The molecule has 4 nitrogen and oxygen atoms in total. The highest BCUT2D eigenvalue weighted by molar-refractivity contribution is 7.89. The monoisotopic (exact) mass is 272 g/mol. The van der Waals surface area contributed by atoms with E-state index in [0.29, 0.717) is 25.2 Å². The first-order valence-electron chi connectivity index (χ1n) is 5.99. The molecular formula is C12H17FN2O2S. The Kier molecular flexibility index (Phi) is 3.99. The van der Waals surface area contributed by atoms with Crippen LogP contribution in [0.25, 0.3) is 0 Å². The number of hydrogen-bond donors (Lipinski definition) is 1. The van der Waals surface area contributed by atoms with Crippen LogP contribution >= 0.6 is 0 Å². The smallest absolute Gasteiger partial charge is 0.243 e. The van der Waals surface area contributed by atoms with E-state index in [1.54, 1.807) is 6.92 Å². The third kappa shape index (κ3) is 2.71. The molecule has 1 aromatic rings. The first-order chi connectivity index (χ1) is 8.51. The first kappa shape index (κ1) is 13.5. The lowest BCUT2D eigenvalue weighted by Gasteiger charge is -2.20. The molecular weight excluding hydrogens is 255 g/mol. The lowest BCUT2D eigenvalue weighted by atomic mass is 10.2. The van der Waals surface area contributed by atoms with Crippen LogP contribution in [0, 0.1) is 12.7 Å². The van der Waals surface area contributed by atoms with E-state index < -0.39 is 15.8 Å². The van der Waals surface area contributed by atoms with E-state index in [4.69, 9.17) is 0 Å². The molecule has 0 aromatic heterocycles. The van der Waals surface area contributed by atoms with Crippen LogP contribution < -0.4 is 5.32 Å². The maximum absolute atomic E-state index is 13.2. The Morgan fingerprint density at radius 1 is 1.28 bits per heavy atom. The van der Waals surface area contributed by atoms with Crippen molar-refractivity contribution in [2.75, 3.05) is 26.2 Å². The van der Waals surface area contributed by atoms with E-state index in [9.17, 15) is 12.8 Å².